The quantitative estimate of drug-likeness (QED) is 0.785. The van der Waals surface area contributed by atoms with Gasteiger partial charge in [0.05, 0.1) is 0 Å². The maximum atomic E-state index is 12.3. The molecule has 4 heteroatoms. The lowest BCUT2D eigenvalue weighted by molar-refractivity contribution is 0.0696. The topological polar surface area (TPSA) is 33.2 Å². The number of hydrogen-bond donors (Lipinski definition) is 0. The lowest BCUT2D eigenvalue weighted by Crippen LogP contribution is -2.38. The molecule has 1 aliphatic rings. The molecule has 1 heterocycles. The predicted octanol–water partition coefficient (Wildman–Crippen LogP) is 3.25. The minimum absolute atomic E-state index is 0.0972. The molecule has 0 saturated heterocycles. The van der Waals surface area contributed by atoms with Crippen molar-refractivity contribution in [2.24, 2.45) is 0 Å². The van der Waals surface area contributed by atoms with Gasteiger partial charge in [-0.05, 0) is 40.9 Å². The Morgan fingerprint density at radius 2 is 2.12 bits per heavy atom. The van der Waals surface area contributed by atoms with Crippen LogP contribution in [-0.4, -0.2) is 28.9 Å². The van der Waals surface area contributed by atoms with Gasteiger partial charge < -0.3 is 4.90 Å². The normalized spacial score (nSPS) is 16.8. The third kappa shape index (κ3) is 3.06. The average Bonchev–Trinajstić information content (AvgIpc) is 2.38. The van der Waals surface area contributed by atoms with E-state index < -0.39 is 0 Å². The Balaban J connectivity index is 2.08. The third-order valence-corrected chi connectivity index (χ3v) is 3.85. The van der Waals surface area contributed by atoms with Crippen LogP contribution in [0.5, 0.6) is 0 Å². The Kier molecular flexibility index (Phi) is 4.15. The molecular formula is C13H17BrN2O. The van der Waals surface area contributed by atoms with E-state index in [1.54, 1.807) is 18.3 Å². The standard InChI is InChI=1S/C13H17BrN2O/c1-16(11-5-3-2-4-6-11)13(17)10-7-8-15-12(14)9-10/h7-9,11H,2-6H2,1H3. The second kappa shape index (κ2) is 5.63. The van der Waals surface area contributed by atoms with Crippen molar-refractivity contribution in [3.63, 3.8) is 0 Å². The number of hydrogen-bond acceptors (Lipinski definition) is 2. The van der Waals surface area contributed by atoms with Crippen molar-refractivity contribution in [3.05, 3.63) is 28.5 Å². The van der Waals surface area contributed by atoms with Crippen LogP contribution in [0.1, 0.15) is 42.5 Å². The van der Waals surface area contributed by atoms with Crippen molar-refractivity contribution < 1.29 is 4.79 Å². The van der Waals surface area contributed by atoms with Gasteiger partial charge in [0.1, 0.15) is 4.60 Å². The predicted molar refractivity (Wildman–Crippen MR) is 70.9 cm³/mol. The Labute approximate surface area is 110 Å². The summed E-state index contributed by atoms with van der Waals surface area (Å²) in [6, 6.07) is 3.96. The smallest absolute Gasteiger partial charge is 0.253 e. The van der Waals surface area contributed by atoms with Crippen LogP contribution in [0, 0.1) is 0 Å². The van der Waals surface area contributed by atoms with Crippen LogP contribution in [0.4, 0.5) is 0 Å². The van der Waals surface area contributed by atoms with Gasteiger partial charge in [0.25, 0.3) is 5.91 Å². The number of pyridine rings is 1. The second-order valence-electron chi connectivity index (χ2n) is 4.58. The van der Waals surface area contributed by atoms with Crippen molar-refractivity contribution in [2.45, 2.75) is 38.1 Å². The van der Waals surface area contributed by atoms with Crippen LogP contribution in [0.3, 0.4) is 0 Å². The SMILES string of the molecule is CN(C(=O)c1ccnc(Br)c1)C1CCCCC1. The van der Waals surface area contributed by atoms with E-state index in [2.05, 4.69) is 20.9 Å². The number of rotatable bonds is 2. The summed E-state index contributed by atoms with van der Waals surface area (Å²) in [5.74, 6) is 0.0972. The summed E-state index contributed by atoms with van der Waals surface area (Å²) in [7, 11) is 1.91. The number of carbonyl (C=O) groups excluding carboxylic acids is 1. The van der Waals surface area contributed by atoms with Crippen LogP contribution in [0.2, 0.25) is 0 Å². The lowest BCUT2D eigenvalue weighted by Gasteiger charge is -2.31. The monoisotopic (exact) mass is 296 g/mol. The van der Waals surface area contributed by atoms with Crippen LogP contribution >= 0.6 is 15.9 Å². The Bertz CT molecular complexity index is 402. The maximum Gasteiger partial charge on any atom is 0.253 e. The van der Waals surface area contributed by atoms with Crippen LogP contribution in [0.25, 0.3) is 0 Å². The van der Waals surface area contributed by atoms with Gasteiger partial charge >= 0.3 is 0 Å². The molecule has 0 radical (unpaired) electrons. The molecular weight excluding hydrogens is 280 g/mol. The molecule has 1 amide bonds. The molecule has 1 saturated carbocycles. The number of nitrogens with zero attached hydrogens (tertiary/aromatic N) is 2. The summed E-state index contributed by atoms with van der Waals surface area (Å²) in [6.07, 6.45) is 7.71. The van der Waals surface area contributed by atoms with Gasteiger partial charge in [-0.3, -0.25) is 4.79 Å². The van der Waals surface area contributed by atoms with Gasteiger partial charge in [-0.1, -0.05) is 19.3 Å². The zero-order chi connectivity index (χ0) is 12.3. The van der Waals surface area contributed by atoms with Crippen molar-refractivity contribution in [3.8, 4) is 0 Å². The first kappa shape index (κ1) is 12.6. The number of carbonyl (C=O) groups is 1. The largest absolute Gasteiger partial charge is 0.339 e. The van der Waals surface area contributed by atoms with Crippen LogP contribution in [0.15, 0.2) is 22.9 Å². The number of aromatic nitrogens is 1. The van der Waals surface area contributed by atoms with Gasteiger partial charge in [-0.25, -0.2) is 4.98 Å². The fraction of sp³-hybridized carbons (Fsp3) is 0.538. The molecule has 3 nitrogen and oxygen atoms in total. The van der Waals surface area contributed by atoms with Crippen molar-refractivity contribution in [1.29, 1.82) is 0 Å². The zero-order valence-electron chi connectivity index (χ0n) is 10.0. The summed E-state index contributed by atoms with van der Waals surface area (Å²) in [6.45, 7) is 0. The van der Waals surface area contributed by atoms with Gasteiger partial charge in [-0.2, -0.15) is 0 Å². The van der Waals surface area contributed by atoms with E-state index in [0.717, 1.165) is 12.8 Å². The molecule has 0 aliphatic heterocycles. The Morgan fingerprint density at radius 1 is 1.41 bits per heavy atom. The molecule has 0 N–H and O–H groups in total. The van der Waals surface area contributed by atoms with Gasteiger partial charge in [0.15, 0.2) is 0 Å². The molecule has 17 heavy (non-hydrogen) atoms. The molecule has 0 unspecified atom stereocenters. The van der Waals surface area contributed by atoms with Crippen molar-refractivity contribution in [2.75, 3.05) is 7.05 Å². The average molecular weight is 297 g/mol. The zero-order valence-corrected chi connectivity index (χ0v) is 11.6. The Morgan fingerprint density at radius 3 is 2.76 bits per heavy atom. The van der Waals surface area contributed by atoms with E-state index in [9.17, 15) is 4.79 Å². The molecule has 0 atom stereocenters. The van der Waals surface area contributed by atoms with E-state index in [4.69, 9.17) is 0 Å². The molecule has 1 aromatic rings. The van der Waals surface area contributed by atoms with E-state index in [1.807, 2.05) is 11.9 Å². The van der Waals surface area contributed by atoms with Crippen molar-refractivity contribution >= 4 is 21.8 Å². The number of amides is 1. The van der Waals surface area contributed by atoms with Gasteiger partial charge in [0.2, 0.25) is 0 Å². The Hall–Kier alpha value is -0.900. The van der Waals surface area contributed by atoms with E-state index >= 15 is 0 Å². The van der Waals surface area contributed by atoms with E-state index in [1.165, 1.54) is 19.3 Å². The second-order valence-corrected chi connectivity index (χ2v) is 5.39. The molecule has 0 aromatic carbocycles. The highest BCUT2D eigenvalue weighted by Gasteiger charge is 2.22. The van der Waals surface area contributed by atoms with Gasteiger partial charge in [-0.15, -0.1) is 0 Å². The molecule has 2 rings (SSSR count). The fourth-order valence-corrected chi connectivity index (χ4v) is 2.74. The molecule has 1 fully saturated rings. The first-order chi connectivity index (χ1) is 8.18. The molecule has 1 aliphatic carbocycles. The van der Waals surface area contributed by atoms with Crippen LogP contribution < -0.4 is 0 Å². The maximum absolute atomic E-state index is 12.3. The fourth-order valence-electron chi connectivity index (χ4n) is 2.37. The molecule has 1 aromatic heterocycles. The highest BCUT2D eigenvalue weighted by molar-refractivity contribution is 9.10. The molecule has 92 valence electrons. The van der Waals surface area contributed by atoms with Crippen LogP contribution in [-0.2, 0) is 0 Å². The van der Waals surface area contributed by atoms with E-state index in [0.29, 0.717) is 16.2 Å². The summed E-state index contributed by atoms with van der Waals surface area (Å²) in [5.41, 5.74) is 0.708. The highest BCUT2D eigenvalue weighted by atomic mass is 79.9. The highest BCUT2D eigenvalue weighted by Crippen LogP contribution is 2.23. The number of halogens is 1. The molecule has 0 bridgehead atoms. The summed E-state index contributed by atoms with van der Waals surface area (Å²) in [4.78, 5) is 18.2. The minimum atomic E-state index is 0.0972. The van der Waals surface area contributed by atoms with Crippen molar-refractivity contribution in [1.82, 2.24) is 9.88 Å². The first-order valence-corrected chi connectivity index (χ1v) is 6.86. The summed E-state index contributed by atoms with van der Waals surface area (Å²) in [5, 5.41) is 0. The summed E-state index contributed by atoms with van der Waals surface area (Å²) < 4.78 is 0.709. The lowest BCUT2D eigenvalue weighted by atomic mass is 9.94. The first-order valence-electron chi connectivity index (χ1n) is 6.07. The van der Waals surface area contributed by atoms with Gasteiger partial charge in [0, 0.05) is 24.8 Å². The van der Waals surface area contributed by atoms with E-state index in [-0.39, 0.29) is 5.91 Å². The third-order valence-electron chi connectivity index (χ3n) is 3.42. The minimum Gasteiger partial charge on any atom is -0.339 e. The summed E-state index contributed by atoms with van der Waals surface area (Å²) >= 11 is 3.29. The molecule has 0 spiro atoms.